The summed E-state index contributed by atoms with van der Waals surface area (Å²) < 4.78 is 13.1. The molecule has 2 aromatic heterocycles. The van der Waals surface area contributed by atoms with E-state index in [9.17, 15) is 0 Å². The Morgan fingerprint density at radius 1 is 0.227 bits per heavy atom. The van der Waals surface area contributed by atoms with Crippen molar-refractivity contribution in [2.24, 2.45) is 0 Å². The van der Waals surface area contributed by atoms with E-state index in [1.165, 1.54) is 173 Å². The maximum atomic E-state index is 5.29. The second-order valence-electron chi connectivity index (χ2n) is 30.5. The molecule has 19 aromatic rings. The molecule has 0 bridgehead atoms. The van der Waals surface area contributed by atoms with Crippen LogP contribution in [-0.4, -0.2) is 13.3 Å². The number of aromatic nitrogens is 3. The van der Waals surface area contributed by atoms with Crippen LogP contribution >= 0.6 is 11.7 Å². The number of rotatable bonds is 7. The second kappa shape index (κ2) is 22.2. The molecule has 0 radical (unpaired) electrons. The largest absolute Gasteiger partial charge is 0.309 e. The molecule has 0 atom stereocenters. The minimum absolute atomic E-state index is 0.446. The molecule has 3 spiro atoms. The molecule has 0 unspecified atom stereocenters. The highest BCUT2D eigenvalue weighted by Gasteiger charge is 2.55. The lowest BCUT2D eigenvalue weighted by molar-refractivity contribution is 0.793. The van der Waals surface area contributed by atoms with Gasteiger partial charge in [0.1, 0.15) is 11.0 Å². The summed E-state index contributed by atoms with van der Waals surface area (Å²) in [5, 5.41) is 2.37. The molecule has 0 saturated carbocycles. The number of benzene rings is 17. The van der Waals surface area contributed by atoms with Gasteiger partial charge in [0.25, 0.3) is 0 Å². The Morgan fingerprint density at radius 2 is 0.564 bits per heavy atom. The average molecular weight is 1410 g/mol. The van der Waals surface area contributed by atoms with E-state index in [1.54, 1.807) is 0 Å². The molecule has 0 fully saturated rings. The molecule has 0 N–H and O–H groups in total. The summed E-state index contributed by atoms with van der Waals surface area (Å²) in [7, 11) is 0. The van der Waals surface area contributed by atoms with Crippen molar-refractivity contribution >= 4 is 61.6 Å². The monoisotopic (exact) mass is 1410 g/mol. The van der Waals surface area contributed by atoms with Gasteiger partial charge in [-0.2, -0.15) is 8.75 Å². The molecule has 6 aliphatic rings. The van der Waals surface area contributed by atoms with Crippen molar-refractivity contribution in [1.82, 2.24) is 13.3 Å². The van der Waals surface area contributed by atoms with Crippen molar-refractivity contribution in [2.75, 3.05) is 4.90 Å². The lowest BCUT2D eigenvalue weighted by atomic mass is 9.70. The normalized spacial score (nSPS) is 14.2. The molecule has 0 saturated heterocycles. The van der Waals surface area contributed by atoms with E-state index in [2.05, 4.69) is 386 Å². The lowest BCUT2D eigenvalue weighted by Crippen LogP contribution is -2.25. The highest BCUT2D eigenvalue weighted by Crippen LogP contribution is 2.67. The van der Waals surface area contributed by atoms with E-state index in [4.69, 9.17) is 8.75 Å². The Labute approximate surface area is 640 Å². The van der Waals surface area contributed by atoms with Crippen LogP contribution in [0.4, 0.5) is 17.1 Å². The van der Waals surface area contributed by atoms with Crippen LogP contribution in [0.2, 0.25) is 0 Å². The number of fused-ring (bicyclic) bond motifs is 34. The van der Waals surface area contributed by atoms with Crippen molar-refractivity contribution in [3.63, 3.8) is 0 Å². The predicted octanol–water partition coefficient (Wildman–Crippen LogP) is 26.3. The summed E-state index contributed by atoms with van der Waals surface area (Å²) in [6.07, 6.45) is 0. The van der Waals surface area contributed by atoms with Gasteiger partial charge in [-0.3, -0.25) is 0 Å². The minimum atomic E-state index is -0.459. The van der Waals surface area contributed by atoms with Gasteiger partial charge in [0.05, 0.1) is 50.4 Å². The third kappa shape index (κ3) is 7.59. The Bertz CT molecular complexity index is 6840. The fourth-order valence-corrected chi connectivity index (χ4v) is 22.1. The van der Waals surface area contributed by atoms with E-state index < -0.39 is 16.2 Å². The molecule has 5 heteroatoms. The number of para-hydroxylation sites is 1. The maximum absolute atomic E-state index is 5.29. The minimum Gasteiger partial charge on any atom is -0.309 e. The van der Waals surface area contributed by atoms with Crippen LogP contribution in [0.5, 0.6) is 0 Å². The van der Waals surface area contributed by atoms with E-state index >= 15 is 0 Å². The fourth-order valence-electron chi connectivity index (χ4n) is 21.6. The fraction of sp³-hybridized carbons (Fsp3) is 0.0286. The van der Waals surface area contributed by atoms with E-state index in [1.807, 2.05) is 0 Å². The Balaban J connectivity index is 0.631. The first-order chi connectivity index (χ1) is 54.6. The van der Waals surface area contributed by atoms with Crippen molar-refractivity contribution < 1.29 is 0 Å². The van der Waals surface area contributed by atoms with Crippen molar-refractivity contribution in [1.29, 1.82) is 0 Å². The molecule has 25 rings (SSSR count). The Hall–Kier alpha value is -13.8. The number of hydrogen-bond acceptors (Lipinski definition) is 4. The smallest absolute Gasteiger partial charge is 0.129 e. The van der Waals surface area contributed by atoms with Gasteiger partial charge in [-0.25, -0.2) is 0 Å². The summed E-state index contributed by atoms with van der Waals surface area (Å²) in [6, 6.07) is 142. The van der Waals surface area contributed by atoms with Crippen molar-refractivity contribution in [3.8, 4) is 106 Å². The highest BCUT2D eigenvalue weighted by molar-refractivity contribution is 7.00. The predicted molar refractivity (Wildman–Crippen MR) is 452 cm³/mol. The van der Waals surface area contributed by atoms with Crippen LogP contribution in [0.25, 0.3) is 139 Å². The topological polar surface area (TPSA) is 34.0 Å². The number of anilines is 3. The summed E-state index contributed by atoms with van der Waals surface area (Å²) in [4.78, 5) is 2.39. The zero-order chi connectivity index (χ0) is 71.7. The van der Waals surface area contributed by atoms with Crippen LogP contribution in [0.15, 0.2) is 376 Å². The van der Waals surface area contributed by atoms with E-state index in [0.29, 0.717) is 0 Å². The third-order valence-corrected chi connectivity index (χ3v) is 26.3. The first kappa shape index (κ1) is 60.3. The number of nitrogens with zero attached hydrogens (tertiary/aromatic N) is 4. The van der Waals surface area contributed by atoms with Gasteiger partial charge in [0.2, 0.25) is 0 Å². The average Bonchev–Trinajstić information content (AvgIpc) is 1.52. The van der Waals surface area contributed by atoms with Gasteiger partial charge in [-0.15, -0.1) is 0 Å². The summed E-state index contributed by atoms with van der Waals surface area (Å²) >= 11 is 1.27. The quantitative estimate of drug-likeness (QED) is 0.159. The molecule has 0 amide bonds. The molecule has 110 heavy (non-hydrogen) atoms. The van der Waals surface area contributed by atoms with E-state index in [-0.39, 0.29) is 0 Å². The molecule has 0 aliphatic heterocycles. The second-order valence-corrected chi connectivity index (χ2v) is 31.0. The molecular weight excluding hydrogens is 1350 g/mol. The van der Waals surface area contributed by atoms with Gasteiger partial charge in [0.15, 0.2) is 0 Å². The van der Waals surface area contributed by atoms with Crippen LogP contribution < -0.4 is 4.90 Å². The molecule has 17 aromatic carbocycles. The summed E-state index contributed by atoms with van der Waals surface area (Å²) in [5.74, 6) is 0. The first-order valence-corrected chi connectivity index (χ1v) is 38.9. The van der Waals surface area contributed by atoms with Gasteiger partial charge in [0, 0.05) is 33.3 Å². The van der Waals surface area contributed by atoms with E-state index in [0.717, 1.165) is 61.4 Å². The zero-order valence-corrected chi connectivity index (χ0v) is 60.3. The Kier molecular flexibility index (Phi) is 12.1. The number of hydrogen-bond donors (Lipinski definition) is 0. The lowest BCUT2D eigenvalue weighted by Gasteiger charge is -2.30. The van der Waals surface area contributed by atoms with Crippen LogP contribution in [-0.2, 0) is 16.2 Å². The molecule has 4 nitrogen and oxygen atoms in total. The summed E-state index contributed by atoms with van der Waals surface area (Å²) in [5.41, 5.74) is 45.1. The molecule has 6 aliphatic carbocycles. The van der Waals surface area contributed by atoms with Crippen molar-refractivity contribution in [2.45, 2.75) is 16.2 Å². The zero-order valence-electron chi connectivity index (χ0n) is 59.5. The van der Waals surface area contributed by atoms with Crippen molar-refractivity contribution in [3.05, 3.63) is 443 Å². The van der Waals surface area contributed by atoms with Crippen LogP contribution in [0.1, 0.15) is 66.8 Å². The Morgan fingerprint density at radius 3 is 1.02 bits per heavy atom. The first-order valence-electron chi connectivity index (χ1n) is 38.2. The molecule has 2 heterocycles. The molecule has 508 valence electrons. The van der Waals surface area contributed by atoms with Crippen LogP contribution in [0, 0.1) is 0 Å². The summed E-state index contributed by atoms with van der Waals surface area (Å²) in [6.45, 7) is 0. The highest BCUT2D eigenvalue weighted by atomic mass is 32.1. The standard InChI is InChI=1S/C105H62N4S/c1-11-32-84-71(22-1)72-23-2-12-33-85(72)103(84)92-40-19-9-31-82(92)100-93(103)41-21-43-98(100)109-96-42-20-10-30-81(96)83-60-67(50-58-97(83)109)70-57-59-99(102-101(70)106-110-107-102)108(68-51-44-63(45-52-68)65-48-55-79-77-28-7-17-38-90(77)104(94(79)61-65)86-34-13-3-24-73(86)74-25-4-14-35-87(74)104)69-53-46-64(47-54-69)66-49-56-80-78-29-8-18-39-91(78)105(95(80)62-66)88-36-15-5-26-75(88)76-27-6-16-37-89(76)105/h1-62H. The van der Waals surface area contributed by atoms with Gasteiger partial charge < -0.3 is 9.47 Å². The van der Waals surface area contributed by atoms with Gasteiger partial charge in [-0.05, 0) is 229 Å². The SMILES string of the molecule is c1ccc2c(c1)-c1ccccc1C21c2ccccc2-c2ccc(-c3ccc(N(c4ccc(-c5ccc6c(c5)C5(c7ccccc7-c7ccccc75)c5ccccc5-6)cc4)c4ccc(-c5ccc6c(c5)c5ccccc5n6-c5cccc6c5-c5ccccc5C65c6ccccc6-c6ccccc65)c5nsnc45)cc3)cc21. The van der Waals surface area contributed by atoms with Gasteiger partial charge >= 0.3 is 0 Å². The third-order valence-electron chi connectivity index (χ3n) is 25.8. The maximum Gasteiger partial charge on any atom is 0.129 e. The van der Waals surface area contributed by atoms with Gasteiger partial charge in [-0.1, -0.05) is 303 Å². The van der Waals surface area contributed by atoms with Crippen LogP contribution in [0.3, 0.4) is 0 Å². The molecular formula is C105H62N4S.